The van der Waals surface area contributed by atoms with Crippen molar-refractivity contribution in [3.63, 3.8) is 0 Å². The van der Waals surface area contributed by atoms with Gasteiger partial charge in [0.15, 0.2) is 23.7 Å². The second-order valence-corrected chi connectivity index (χ2v) is 20.2. The maximum Gasteiger partial charge on any atom is 0.483 e. The molecule has 25 nitrogen and oxygen atoms in total. The van der Waals surface area contributed by atoms with Gasteiger partial charge in [-0.25, -0.2) is 18.8 Å². The van der Waals surface area contributed by atoms with Crippen molar-refractivity contribution in [3.8, 4) is 5.75 Å². The summed E-state index contributed by atoms with van der Waals surface area (Å²) in [7, 11) is -11.3. The molecule has 344 valence electrons. The minimum atomic E-state index is -5.74. The highest BCUT2D eigenvalue weighted by Crippen LogP contribution is 2.67. The van der Waals surface area contributed by atoms with E-state index < -0.39 is 94.1 Å². The number of aromatic amines is 1. The Balaban J connectivity index is 0.826. The fourth-order valence-corrected chi connectivity index (χ4v) is 12.8. The van der Waals surface area contributed by atoms with Crippen LogP contribution in [0.2, 0.25) is 0 Å². The number of aliphatic hydroxyl groups is 6. The third-order valence-electron chi connectivity index (χ3n) is 13.8. The van der Waals surface area contributed by atoms with Gasteiger partial charge in [-0.15, -0.1) is 5.10 Å². The number of nitrogens with one attached hydrogen (secondary N) is 1. The summed E-state index contributed by atoms with van der Waals surface area (Å²) < 4.78 is 53.3. The summed E-state index contributed by atoms with van der Waals surface area (Å²) in [4.78, 5) is 43.1. The average molecular weight is 927 g/mol. The van der Waals surface area contributed by atoms with Crippen LogP contribution in [-0.2, 0) is 50.5 Å². The molecule has 1 aromatic carbocycles. The lowest BCUT2D eigenvalue weighted by Crippen LogP contribution is -2.59. The van der Waals surface area contributed by atoms with E-state index in [2.05, 4.69) is 36.5 Å². The molecule has 12 N–H and O–H groups in total. The molecule has 0 spiro atoms. The predicted molar refractivity (Wildman–Crippen MR) is 210 cm³/mol. The first-order valence-corrected chi connectivity index (χ1v) is 23.3. The standard InChI is InChI=1S/C36H48N8O17P2/c1-35-8-6-18-17-5-3-16(45)10-15(17)2-4-19(18)20(35)7-9-36(35,52)23-12-43(42-41-23)11-21-25(46)27(48)29(50)33(59-21)60-63(55,56)61-62(53,54)57-13-22-26(47)28(49)32(58-22)44-14-38-24-30(44)39-34(37)40-31(24)51/h3,5,10,12,14,18-22,25-29,32-33,45-50,52H,2,4,6-9,11,13H2,1H3,(H,53,54)(H,55,56)(H3,37,39,40,51)/t18-,19-,20+,21+,22-,25-,26-,27-,28-,29+,32-,33-,35+,36-/m1/s1. The van der Waals surface area contributed by atoms with E-state index in [4.69, 9.17) is 24.3 Å². The van der Waals surface area contributed by atoms with E-state index in [9.17, 15) is 59.5 Å². The van der Waals surface area contributed by atoms with Gasteiger partial charge in [-0.1, -0.05) is 18.2 Å². The number of phosphoric acid groups is 2. The SMILES string of the molecule is C[C@]12CC[C@@H]3c4ccc(O)cc4CC[C@H]3[C@@H]1CC[C@@]2(O)c1cn(C[C@@H]2O[C@H](OP(=O)(O)OP(=O)(O)OC[C@H]3O[C@@H](n4cnc5c(=O)[nH]c(N)nc54)[C@H](O)[C@@H]3O)[C@@H](O)[C@H](O)[C@@H]2O)nn1. The van der Waals surface area contributed by atoms with Crippen molar-refractivity contribution in [2.75, 3.05) is 12.3 Å². The molecular weight excluding hydrogens is 878 g/mol. The van der Waals surface area contributed by atoms with Gasteiger partial charge in [-0.2, -0.15) is 9.29 Å². The zero-order chi connectivity index (χ0) is 45.0. The summed E-state index contributed by atoms with van der Waals surface area (Å²) in [5.74, 6) is 0.755. The molecular formula is C36H48N8O17P2. The largest absolute Gasteiger partial charge is 0.508 e. The average Bonchev–Trinajstić information content (AvgIpc) is 3.99. The number of nitrogen functional groups attached to an aromatic ring is 1. The van der Waals surface area contributed by atoms with E-state index in [1.807, 2.05) is 12.1 Å². The number of H-pyrrole nitrogens is 1. The number of fused-ring (bicyclic) bond motifs is 6. The molecule has 4 aromatic rings. The van der Waals surface area contributed by atoms with E-state index in [1.165, 1.54) is 16.4 Å². The number of hydrogen-bond donors (Lipinski definition) is 11. The van der Waals surface area contributed by atoms with Crippen LogP contribution in [0.5, 0.6) is 5.75 Å². The lowest BCUT2D eigenvalue weighted by Gasteiger charge is -2.52. The van der Waals surface area contributed by atoms with Crippen LogP contribution in [0.1, 0.15) is 68.0 Å². The topological polar surface area (TPSA) is 383 Å². The number of aryl methyl sites for hydroxylation is 1. The highest BCUT2D eigenvalue weighted by Gasteiger charge is 2.63. The number of benzene rings is 1. The highest BCUT2D eigenvalue weighted by molar-refractivity contribution is 7.61. The van der Waals surface area contributed by atoms with Crippen LogP contribution in [0.4, 0.5) is 5.95 Å². The van der Waals surface area contributed by atoms with Crippen LogP contribution in [0.25, 0.3) is 11.2 Å². The summed E-state index contributed by atoms with van der Waals surface area (Å²) >= 11 is 0. The molecule has 2 unspecified atom stereocenters. The van der Waals surface area contributed by atoms with Crippen molar-refractivity contribution in [1.82, 2.24) is 34.5 Å². The molecule has 2 aliphatic heterocycles. The van der Waals surface area contributed by atoms with Gasteiger partial charge >= 0.3 is 15.6 Å². The number of imidazole rings is 1. The Hall–Kier alpha value is -3.75. The van der Waals surface area contributed by atoms with Crippen molar-refractivity contribution in [3.05, 3.63) is 57.9 Å². The molecule has 0 bridgehead atoms. The Labute approximate surface area is 356 Å². The maximum atomic E-state index is 13.0. The number of ether oxygens (including phenoxy) is 2. The van der Waals surface area contributed by atoms with E-state index in [0.29, 0.717) is 24.7 Å². The smallest absolute Gasteiger partial charge is 0.483 e. The van der Waals surface area contributed by atoms with Gasteiger partial charge in [0, 0.05) is 5.41 Å². The Kier molecular flexibility index (Phi) is 11.3. The van der Waals surface area contributed by atoms with Crippen LogP contribution in [0, 0.1) is 17.3 Å². The molecule has 63 heavy (non-hydrogen) atoms. The van der Waals surface area contributed by atoms with Crippen LogP contribution < -0.4 is 11.3 Å². The Morgan fingerprint density at radius 2 is 1.75 bits per heavy atom. The molecule has 0 radical (unpaired) electrons. The van der Waals surface area contributed by atoms with E-state index >= 15 is 0 Å². The Morgan fingerprint density at radius 1 is 0.984 bits per heavy atom. The third kappa shape index (κ3) is 7.75. The zero-order valence-electron chi connectivity index (χ0n) is 33.4. The normalized spacial score (nSPS) is 38.4. The van der Waals surface area contributed by atoms with Gasteiger partial charge in [0.1, 0.15) is 59.8 Å². The number of phenolic OH excluding ortho intramolecular Hbond substituents is 1. The lowest BCUT2D eigenvalue weighted by molar-refractivity contribution is -0.278. The summed E-state index contributed by atoms with van der Waals surface area (Å²) in [6, 6.07) is 5.56. The minimum Gasteiger partial charge on any atom is -0.508 e. The fraction of sp³-hybridized carbons (Fsp3) is 0.639. The van der Waals surface area contributed by atoms with Crippen molar-refractivity contribution in [1.29, 1.82) is 0 Å². The van der Waals surface area contributed by atoms with E-state index in [0.717, 1.165) is 42.1 Å². The number of aromatic nitrogens is 7. The van der Waals surface area contributed by atoms with Gasteiger partial charge in [0.2, 0.25) is 5.95 Å². The van der Waals surface area contributed by atoms with Gasteiger partial charge < -0.3 is 60.7 Å². The first-order chi connectivity index (χ1) is 29.7. The zero-order valence-corrected chi connectivity index (χ0v) is 35.2. The number of nitrogens with two attached hydrogens (primary N) is 1. The molecule has 27 heteroatoms. The van der Waals surface area contributed by atoms with Crippen molar-refractivity contribution in [2.24, 2.45) is 17.3 Å². The number of phosphoric ester groups is 2. The maximum absolute atomic E-state index is 13.0. The van der Waals surface area contributed by atoms with Crippen LogP contribution >= 0.6 is 15.6 Å². The molecule has 2 saturated heterocycles. The summed E-state index contributed by atoms with van der Waals surface area (Å²) in [6.45, 7) is 0.685. The first-order valence-electron chi connectivity index (χ1n) is 20.3. The third-order valence-corrected chi connectivity index (χ3v) is 16.4. The predicted octanol–water partition coefficient (Wildman–Crippen LogP) is -0.880. The van der Waals surface area contributed by atoms with Crippen molar-refractivity contribution < 1.29 is 77.5 Å². The van der Waals surface area contributed by atoms with Gasteiger partial charge in [-0.3, -0.25) is 23.4 Å². The van der Waals surface area contributed by atoms with E-state index in [-0.39, 0.29) is 41.0 Å². The number of rotatable bonds is 11. The number of aromatic hydroxyl groups is 1. The summed E-state index contributed by atoms with van der Waals surface area (Å²) in [5, 5.41) is 84.3. The van der Waals surface area contributed by atoms with Crippen LogP contribution in [0.15, 0.2) is 35.5 Å². The second-order valence-electron chi connectivity index (χ2n) is 17.2. The molecule has 3 aromatic heterocycles. The quantitative estimate of drug-likeness (QED) is 0.0814. The molecule has 2 saturated carbocycles. The lowest BCUT2D eigenvalue weighted by atomic mass is 9.53. The molecule has 9 rings (SSSR count). The molecule has 5 heterocycles. The van der Waals surface area contributed by atoms with Gasteiger partial charge in [-0.05, 0) is 79.5 Å². The van der Waals surface area contributed by atoms with Crippen LogP contribution in [-0.4, -0.2) is 136 Å². The Morgan fingerprint density at radius 3 is 2.52 bits per heavy atom. The summed E-state index contributed by atoms with van der Waals surface area (Å²) in [5.41, 5.74) is 5.38. The van der Waals surface area contributed by atoms with Crippen molar-refractivity contribution in [2.45, 2.75) is 119 Å². The number of hydrogen-bond acceptors (Lipinski definition) is 20. The number of nitrogens with zero attached hydrogens (tertiary/aromatic N) is 6. The van der Waals surface area contributed by atoms with Gasteiger partial charge in [0.05, 0.1) is 25.7 Å². The number of anilines is 1. The van der Waals surface area contributed by atoms with Gasteiger partial charge in [0.25, 0.3) is 5.56 Å². The molecule has 3 aliphatic carbocycles. The Bertz CT molecular complexity index is 2540. The fourth-order valence-electron chi connectivity index (χ4n) is 10.6. The number of aliphatic hydroxyl groups excluding tert-OH is 5. The first kappa shape index (κ1) is 44.5. The number of phenols is 1. The highest BCUT2D eigenvalue weighted by atomic mass is 31.3. The molecule has 16 atom stereocenters. The molecule has 0 amide bonds. The monoisotopic (exact) mass is 926 g/mol. The van der Waals surface area contributed by atoms with E-state index in [1.54, 1.807) is 6.07 Å². The second kappa shape index (κ2) is 16.0. The van der Waals surface area contributed by atoms with Crippen molar-refractivity contribution >= 4 is 32.8 Å². The summed E-state index contributed by atoms with van der Waals surface area (Å²) in [6.07, 6.45) is -9.28. The molecule has 5 aliphatic rings. The minimum absolute atomic E-state index is 0.121. The van der Waals surface area contributed by atoms with Crippen LogP contribution in [0.3, 0.4) is 0 Å². The molecule has 4 fully saturated rings.